The van der Waals surface area contributed by atoms with Crippen LogP contribution in [0.1, 0.15) is 12.5 Å². The van der Waals surface area contributed by atoms with Gasteiger partial charge in [-0.3, -0.25) is 4.98 Å². The molecule has 5 rings (SSSR count). The lowest BCUT2D eigenvalue weighted by Gasteiger charge is -2.40. The zero-order valence-electron chi connectivity index (χ0n) is 19.6. The minimum Gasteiger partial charge on any atom is -0.396 e. The standard InChI is InChI=1S/C25H27F2N7O2/c1-14-12-33(13-19(28)24(14)36)22-4-6-29-11-21(22)31-25-30-10-16-2-3-20(32-34(16)25)23-17(26)8-15(5-7-35)9-18(23)27/h2-4,6,8-11,14,19,24,35-36H,5,7,12-13,28H2,1H3,(H,30,31)/t14-,19+,24+/m0/s1. The zero-order chi connectivity index (χ0) is 25.4. The highest BCUT2D eigenvalue weighted by atomic mass is 19.1. The first-order valence-electron chi connectivity index (χ1n) is 11.7. The lowest BCUT2D eigenvalue weighted by atomic mass is 9.92. The summed E-state index contributed by atoms with van der Waals surface area (Å²) < 4.78 is 31.1. The molecule has 0 amide bonds. The van der Waals surface area contributed by atoms with Gasteiger partial charge in [-0.1, -0.05) is 6.92 Å². The molecule has 9 nitrogen and oxygen atoms in total. The number of benzene rings is 1. The maximum absolute atomic E-state index is 14.8. The average Bonchev–Trinajstić information content (AvgIpc) is 3.24. The Kier molecular flexibility index (Phi) is 6.52. The largest absolute Gasteiger partial charge is 0.396 e. The molecule has 1 aliphatic heterocycles. The first-order valence-corrected chi connectivity index (χ1v) is 11.7. The van der Waals surface area contributed by atoms with Crippen LogP contribution >= 0.6 is 0 Å². The van der Waals surface area contributed by atoms with Crippen molar-refractivity contribution in [2.24, 2.45) is 11.7 Å². The second-order valence-corrected chi connectivity index (χ2v) is 9.10. The first kappa shape index (κ1) is 24.0. The molecule has 1 saturated heterocycles. The lowest BCUT2D eigenvalue weighted by molar-refractivity contribution is 0.0785. The van der Waals surface area contributed by atoms with Crippen LogP contribution in [-0.2, 0) is 6.42 Å². The molecule has 1 aromatic carbocycles. The molecule has 0 spiro atoms. The van der Waals surface area contributed by atoms with Crippen LogP contribution in [0.5, 0.6) is 0 Å². The van der Waals surface area contributed by atoms with Crippen LogP contribution < -0.4 is 16.0 Å². The van der Waals surface area contributed by atoms with E-state index in [9.17, 15) is 13.9 Å². The molecule has 4 aromatic rings. The number of halogens is 2. The molecule has 3 aromatic heterocycles. The molecule has 0 unspecified atom stereocenters. The van der Waals surface area contributed by atoms with Gasteiger partial charge in [0, 0.05) is 37.9 Å². The molecule has 0 aliphatic carbocycles. The summed E-state index contributed by atoms with van der Waals surface area (Å²) in [5.41, 5.74) is 8.48. The Morgan fingerprint density at radius 1 is 1.14 bits per heavy atom. The van der Waals surface area contributed by atoms with Crippen LogP contribution in [0.25, 0.3) is 16.8 Å². The Morgan fingerprint density at radius 2 is 1.92 bits per heavy atom. The number of fused-ring (bicyclic) bond motifs is 1. The smallest absolute Gasteiger partial charge is 0.229 e. The van der Waals surface area contributed by atoms with Gasteiger partial charge in [0.1, 0.15) is 11.6 Å². The van der Waals surface area contributed by atoms with Crippen LogP contribution in [-0.4, -0.2) is 61.6 Å². The first-order chi connectivity index (χ1) is 17.4. The van der Waals surface area contributed by atoms with Gasteiger partial charge in [-0.15, -0.1) is 0 Å². The van der Waals surface area contributed by atoms with Gasteiger partial charge in [0.25, 0.3) is 0 Å². The van der Waals surface area contributed by atoms with Crippen molar-refractivity contribution >= 4 is 22.8 Å². The van der Waals surface area contributed by atoms with Gasteiger partial charge in [-0.05, 0) is 42.3 Å². The summed E-state index contributed by atoms with van der Waals surface area (Å²) in [5.74, 6) is -1.19. The quantitative estimate of drug-likeness (QED) is 0.322. The molecule has 3 atom stereocenters. The maximum Gasteiger partial charge on any atom is 0.229 e. The SMILES string of the molecule is C[C@H]1CN(c2ccncc2Nc2ncc3ccc(-c4c(F)cc(CCO)cc4F)nn23)C[C@@H](N)[C@@H]1O. The van der Waals surface area contributed by atoms with Crippen molar-refractivity contribution in [2.45, 2.75) is 25.5 Å². The number of anilines is 3. The number of hydrogen-bond donors (Lipinski definition) is 4. The number of nitrogens with zero attached hydrogens (tertiary/aromatic N) is 5. The highest BCUT2D eigenvalue weighted by Crippen LogP contribution is 2.32. The number of nitrogens with one attached hydrogen (secondary N) is 1. The van der Waals surface area contributed by atoms with Gasteiger partial charge in [-0.25, -0.2) is 13.8 Å². The highest BCUT2D eigenvalue weighted by molar-refractivity contribution is 5.74. The molecule has 5 N–H and O–H groups in total. The third-order valence-corrected chi connectivity index (χ3v) is 6.49. The number of rotatable bonds is 6. The second kappa shape index (κ2) is 9.76. The fourth-order valence-electron chi connectivity index (χ4n) is 4.64. The minimum absolute atomic E-state index is 0.0141. The molecule has 0 radical (unpaired) electrons. The van der Waals surface area contributed by atoms with E-state index >= 15 is 0 Å². The predicted octanol–water partition coefficient (Wildman–Crippen LogP) is 2.49. The zero-order valence-corrected chi connectivity index (χ0v) is 19.6. The van der Waals surface area contributed by atoms with Crippen LogP contribution in [0, 0.1) is 17.6 Å². The molecule has 188 valence electrons. The molecular formula is C25H27F2N7O2. The number of aliphatic hydroxyl groups excluding tert-OH is 2. The summed E-state index contributed by atoms with van der Waals surface area (Å²) >= 11 is 0. The Bertz CT molecular complexity index is 1360. The Morgan fingerprint density at radius 3 is 2.64 bits per heavy atom. The maximum atomic E-state index is 14.8. The molecule has 11 heteroatoms. The molecule has 0 saturated carbocycles. The van der Waals surface area contributed by atoms with E-state index in [4.69, 9.17) is 10.8 Å². The number of imidazole rings is 1. The molecule has 4 heterocycles. The van der Waals surface area contributed by atoms with E-state index in [1.54, 1.807) is 24.7 Å². The summed E-state index contributed by atoms with van der Waals surface area (Å²) in [7, 11) is 0. The fourth-order valence-corrected chi connectivity index (χ4v) is 4.64. The average molecular weight is 496 g/mol. The number of piperidine rings is 1. The van der Waals surface area contributed by atoms with Crippen molar-refractivity contribution < 1.29 is 19.0 Å². The normalized spacial score (nSPS) is 20.2. The summed E-state index contributed by atoms with van der Waals surface area (Å²) in [5, 5.41) is 27.0. The van der Waals surface area contributed by atoms with Crippen molar-refractivity contribution in [1.82, 2.24) is 19.6 Å². The lowest BCUT2D eigenvalue weighted by Crippen LogP contribution is -2.55. The Hall–Kier alpha value is -3.67. The van der Waals surface area contributed by atoms with E-state index in [1.807, 2.05) is 13.0 Å². The van der Waals surface area contributed by atoms with Crippen LogP contribution in [0.4, 0.5) is 26.1 Å². The highest BCUT2D eigenvalue weighted by Gasteiger charge is 2.32. The van der Waals surface area contributed by atoms with Crippen molar-refractivity contribution in [3.05, 3.63) is 66.1 Å². The van der Waals surface area contributed by atoms with Gasteiger partial charge < -0.3 is 26.2 Å². The van der Waals surface area contributed by atoms with Gasteiger partial charge >= 0.3 is 0 Å². The molecular weight excluding hydrogens is 468 g/mol. The van der Waals surface area contributed by atoms with Crippen molar-refractivity contribution in [3.63, 3.8) is 0 Å². The fraction of sp³-hybridized carbons (Fsp3) is 0.320. The summed E-state index contributed by atoms with van der Waals surface area (Å²) in [6, 6.07) is 7.09. The van der Waals surface area contributed by atoms with E-state index in [-0.39, 0.29) is 36.2 Å². The summed E-state index contributed by atoms with van der Waals surface area (Å²) in [6.45, 7) is 2.84. The van der Waals surface area contributed by atoms with Crippen LogP contribution in [0.15, 0.2) is 48.9 Å². The van der Waals surface area contributed by atoms with Gasteiger partial charge in [0.15, 0.2) is 0 Å². The van der Waals surface area contributed by atoms with Crippen molar-refractivity contribution in [3.8, 4) is 11.3 Å². The van der Waals surface area contributed by atoms with E-state index in [0.717, 1.165) is 5.69 Å². The molecule has 1 aliphatic rings. The van der Waals surface area contributed by atoms with E-state index in [2.05, 4.69) is 25.3 Å². The summed E-state index contributed by atoms with van der Waals surface area (Å²) in [6.07, 6.45) is 4.51. The molecule has 0 bridgehead atoms. The predicted molar refractivity (Wildman–Crippen MR) is 132 cm³/mol. The number of aromatic nitrogens is 4. The van der Waals surface area contributed by atoms with Gasteiger partial charge in [-0.2, -0.15) is 9.61 Å². The number of nitrogens with two attached hydrogens (primary N) is 1. The van der Waals surface area contributed by atoms with Crippen molar-refractivity contribution in [2.75, 3.05) is 29.9 Å². The van der Waals surface area contributed by atoms with Gasteiger partial charge in [0.2, 0.25) is 5.95 Å². The minimum atomic E-state index is -0.757. The number of aliphatic hydroxyl groups is 2. The Labute approximate surface area is 206 Å². The summed E-state index contributed by atoms with van der Waals surface area (Å²) in [4.78, 5) is 10.7. The Balaban J connectivity index is 1.49. The van der Waals surface area contributed by atoms with Crippen LogP contribution in [0.2, 0.25) is 0 Å². The molecule has 1 fully saturated rings. The van der Waals surface area contributed by atoms with E-state index in [1.165, 1.54) is 22.7 Å². The third-order valence-electron chi connectivity index (χ3n) is 6.49. The van der Waals surface area contributed by atoms with E-state index in [0.29, 0.717) is 35.8 Å². The molecule has 36 heavy (non-hydrogen) atoms. The number of hydrogen-bond acceptors (Lipinski definition) is 8. The van der Waals surface area contributed by atoms with Gasteiger partial charge in [0.05, 0.1) is 46.6 Å². The second-order valence-electron chi connectivity index (χ2n) is 9.10. The van der Waals surface area contributed by atoms with Crippen molar-refractivity contribution in [1.29, 1.82) is 0 Å². The number of pyridine rings is 1. The monoisotopic (exact) mass is 495 g/mol. The topological polar surface area (TPSA) is 125 Å². The van der Waals surface area contributed by atoms with E-state index < -0.39 is 17.7 Å². The third kappa shape index (κ3) is 4.48. The van der Waals surface area contributed by atoms with Crippen LogP contribution in [0.3, 0.4) is 0 Å².